The second kappa shape index (κ2) is 6.55. The van der Waals surface area contributed by atoms with Gasteiger partial charge in [0.25, 0.3) is 0 Å². The van der Waals surface area contributed by atoms with Gasteiger partial charge < -0.3 is 5.73 Å². The molecular formula is C13H23N3O. The fourth-order valence-corrected chi connectivity index (χ4v) is 1.96. The smallest absolute Gasteiger partial charge is 0.138 e. The number of hydrogen-bond donors (Lipinski definition) is 1. The highest BCUT2D eigenvalue weighted by Gasteiger charge is 2.10. The Morgan fingerprint density at radius 2 is 2.24 bits per heavy atom. The molecule has 1 rings (SSSR count). The number of hydrogen-bond acceptors (Lipinski definition) is 3. The van der Waals surface area contributed by atoms with Crippen molar-refractivity contribution >= 4 is 5.78 Å². The summed E-state index contributed by atoms with van der Waals surface area (Å²) in [5, 5.41) is 4.24. The number of ketones is 1. The molecule has 0 aliphatic heterocycles. The summed E-state index contributed by atoms with van der Waals surface area (Å²) in [7, 11) is 1.88. The molecule has 0 aliphatic carbocycles. The van der Waals surface area contributed by atoms with Crippen molar-refractivity contribution in [2.24, 2.45) is 18.7 Å². The predicted octanol–water partition coefficient (Wildman–Crippen LogP) is 1.61. The molecule has 17 heavy (non-hydrogen) atoms. The average Bonchev–Trinajstić information content (AvgIpc) is 2.55. The molecular weight excluding hydrogens is 214 g/mol. The number of nitrogens with two attached hydrogens (primary N) is 1. The van der Waals surface area contributed by atoms with E-state index in [1.165, 1.54) is 0 Å². The molecule has 0 radical (unpaired) electrons. The molecule has 0 saturated carbocycles. The number of aromatic nitrogens is 2. The van der Waals surface area contributed by atoms with Crippen LogP contribution < -0.4 is 5.73 Å². The van der Waals surface area contributed by atoms with E-state index < -0.39 is 0 Å². The third kappa shape index (κ3) is 4.69. The van der Waals surface area contributed by atoms with Gasteiger partial charge in [-0.1, -0.05) is 6.92 Å². The Balaban J connectivity index is 2.37. The maximum Gasteiger partial charge on any atom is 0.138 e. The van der Waals surface area contributed by atoms with Crippen LogP contribution >= 0.6 is 0 Å². The maximum absolute atomic E-state index is 11.8. The molecule has 0 saturated heterocycles. The molecule has 1 aromatic rings. The standard InChI is InChI=1S/C13H23N3O/c1-10(6-7-14)4-5-13(17)9-12-8-11(2)15-16(12)3/h8,10H,4-7,9,14H2,1-3H3. The molecule has 1 aromatic heterocycles. The zero-order chi connectivity index (χ0) is 12.8. The Morgan fingerprint density at radius 1 is 1.53 bits per heavy atom. The van der Waals surface area contributed by atoms with Gasteiger partial charge in [-0.2, -0.15) is 5.10 Å². The van der Waals surface area contributed by atoms with Gasteiger partial charge in [0.05, 0.1) is 5.69 Å². The quantitative estimate of drug-likeness (QED) is 0.783. The monoisotopic (exact) mass is 237 g/mol. The van der Waals surface area contributed by atoms with Crippen LogP contribution in [0.3, 0.4) is 0 Å². The molecule has 4 heteroatoms. The topological polar surface area (TPSA) is 60.9 Å². The van der Waals surface area contributed by atoms with E-state index in [0.717, 1.165) is 24.2 Å². The van der Waals surface area contributed by atoms with Crippen molar-refractivity contribution in [3.05, 3.63) is 17.5 Å². The van der Waals surface area contributed by atoms with Crippen molar-refractivity contribution in [3.63, 3.8) is 0 Å². The summed E-state index contributed by atoms with van der Waals surface area (Å²) in [5.41, 5.74) is 7.45. The largest absolute Gasteiger partial charge is 0.330 e. The van der Waals surface area contributed by atoms with E-state index in [-0.39, 0.29) is 5.78 Å². The summed E-state index contributed by atoms with van der Waals surface area (Å²) in [6, 6.07) is 1.97. The normalized spacial score (nSPS) is 12.7. The first-order valence-electron chi connectivity index (χ1n) is 6.24. The van der Waals surface area contributed by atoms with Crippen molar-refractivity contribution in [2.75, 3.05) is 6.54 Å². The first-order chi connectivity index (χ1) is 8.02. The van der Waals surface area contributed by atoms with Crippen LogP contribution in [0, 0.1) is 12.8 Å². The number of aryl methyl sites for hydroxylation is 2. The first kappa shape index (κ1) is 13.9. The van der Waals surface area contributed by atoms with Crippen LogP contribution in [-0.2, 0) is 18.3 Å². The third-order valence-corrected chi connectivity index (χ3v) is 3.05. The number of carbonyl (C=O) groups is 1. The van der Waals surface area contributed by atoms with Crippen molar-refractivity contribution < 1.29 is 4.79 Å². The van der Waals surface area contributed by atoms with Crippen molar-refractivity contribution in [3.8, 4) is 0 Å². The summed E-state index contributed by atoms with van der Waals surface area (Å²) in [5.74, 6) is 0.828. The molecule has 0 fully saturated rings. The van der Waals surface area contributed by atoms with Crippen molar-refractivity contribution in [1.82, 2.24) is 9.78 Å². The van der Waals surface area contributed by atoms with Crippen LogP contribution in [0.4, 0.5) is 0 Å². The molecule has 96 valence electrons. The van der Waals surface area contributed by atoms with Crippen LogP contribution in [0.5, 0.6) is 0 Å². The summed E-state index contributed by atoms with van der Waals surface area (Å²) >= 11 is 0. The van der Waals surface area contributed by atoms with Crippen LogP contribution in [0.1, 0.15) is 37.6 Å². The lowest BCUT2D eigenvalue weighted by atomic mass is 9.99. The molecule has 0 aliphatic rings. The lowest BCUT2D eigenvalue weighted by Gasteiger charge is -2.08. The molecule has 0 bridgehead atoms. The van der Waals surface area contributed by atoms with E-state index >= 15 is 0 Å². The number of nitrogens with zero attached hydrogens (tertiary/aromatic N) is 2. The Morgan fingerprint density at radius 3 is 2.76 bits per heavy atom. The second-order valence-corrected chi connectivity index (χ2v) is 4.84. The van der Waals surface area contributed by atoms with Crippen molar-refractivity contribution in [2.45, 2.75) is 39.5 Å². The van der Waals surface area contributed by atoms with Crippen LogP contribution in [-0.4, -0.2) is 22.1 Å². The van der Waals surface area contributed by atoms with E-state index in [1.807, 2.05) is 20.0 Å². The fraction of sp³-hybridized carbons (Fsp3) is 0.692. The lowest BCUT2D eigenvalue weighted by Crippen LogP contribution is -2.11. The lowest BCUT2D eigenvalue weighted by molar-refractivity contribution is -0.118. The van der Waals surface area contributed by atoms with E-state index in [0.29, 0.717) is 25.3 Å². The fourth-order valence-electron chi connectivity index (χ4n) is 1.96. The minimum Gasteiger partial charge on any atom is -0.330 e. The van der Waals surface area contributed by atoms with E-state index in [9.17, 15) is 4.79 Å². The second-order valence-electron chi connectivity index (χ2n) is 4.84. The van der Waals surface area contributed by atoms with Crippen LogP contribution in [0.2, 0.25) is 0 Å². The summed E-state index contributed by atoms with van der Waals surface area (Å²) in [6.07, 6.45) is 3.07. The minimum absolute atomic E-state index is 0.289. The highest BCUT2D eigenvalue weighted by molar-refractivity contribution is 5.80. The van der Waals surface area contributed by atoms with Crippen molar-refractivity contribution in [1.29, 1.82) is 0 Å². The van der Waals surface area contributed by atoms with E-state index in [1.54, 1.807) is 4.68 Å². The van der Waals surface area contributed by atoms with E-state index in [4.69, 9.17) is 5.73 Å². The molecule has 0 spiro atoms. The molecule has 1 unspecified atom stereocenters. The Kier molecular flexibility index (Phi) is 5.35. The Labute approximate surface area is 103 Å². The van der Waals surface area contributed by atoms with Crippen LogP contribution in [0.25, 0.3) is 0 Å². The van der Waals surface area contributed by atoms with Gasteiger partial charge in [0.1, 0.15) is 5.78 Å². The first-order valence-corrected chi connectivity index (χ1v) is 6.24. The number of Topliss-reactive ketones (excluding diaryl/α,β-unsaturated/α-hetero) is 1. The number of carbonyl (C=O) groups excluding carboxylic acids is 1. The molecule has 0 aromatic carbocycles. The molecule has 1 heterocycles. The highest BCUT2D eigenvalue weighted by Crippen LogP contribution is 2.11. The summed E-state index contributed by atoms with van der Waals surface area (Å²) in [6.45, 7) is 4.79. The van der Waals surface area contributed by atoms with Gasteiger partial charge in [-0.15, -0.1) is 0 Å². The SMILES string of the molecule is Cc1cc(CC(=O)CCC(C)CCN)n(C)n1. The van der Waals surface area contributed by atoms with Crippen LogP contribution in [0.15, 0.2) is 6.07 Å². The molecule has 0 amide bonds. The van der Waals surface area contributed by atoms with Gasteiger partial charge in [-0.3, -0.25) is 9.48 Å². The van der Waals surface area contributed by atoms with Gasteiger partial charge >= 0.3 is 0 Å². The molecule has 4 nitrogen and oxygen atoms in total. The number of rotatable bonds is 7. The average molecular weight is 237 g/mol. The zero-order valence-electron chi connectivity index (χ0n) is 11.1. The Hall–Kier alpha value is -1.16. The summed E-state index contributed by atoms with van der Waals surface area (Å²) in [4.78, 5) is 11.8. The van der Waals surface area contributed by atoms with Gasteiger partial charge in [-0.05, 0) is 38.3 Å². The van der Waals surface area contributed by atoms with Gasteiger partial charge in [0.2, 0.25) is 0 Å². The molecule has 2 N–H and O–H groups in total. The van der Waals surface area contributed by atoms with Gasteiger partial charge in [0, 0.05) is 25.6 Å². The minimum atomic E-state index is 0.289. The zero-order valence-corrected chi connectivity index (χ0v) is 11.1. The van der Waals surface area contributed by atoms with Gasteiger partial charge in [0.15, 0.2) is 0 Å². The summed E-state index contributed by atoms with van der Waals surface area (Å²) < 4.78 is 1.79. The Bertz CT molecular complexity index is 371. The maximum atomic E-state index is 11.8. The highest BCUT2D eigenvalue weighted by atomic mass is 16.1. The van der Waals surface area contributed by atoms with E-state index in [2.05, 4.69) is 12.0 Å². The molecule has 1 atom stereocenters. The predicted molar refractivity (Wildman–Crippen MR) is 68.7 cm³/mol. The third-order valence-electron chi connectivity index (χ3n) is 3.05. The van der Waals surface area contributed by atoms with Gasteiger partial charge in [-0.25, -0.2) is 0 Å².